The molecule has 0 amide bonds. The third-order valence-corrected chi connectivity index (χ3v) is 7.81. The number of aliphatic imine (C=N–C) groups is 1. The number of likely N-dealkylation sites (tertiary alicyclic amines) is 1. The molecule has 0 unspecified atom stereocenters. The first-order valence-corrected chi connectivity index (χ1v) is 13.0. The smallest absolute Gasteiger partial charge is 0.193 e. The summed E-state index contributed by atoms with van der Waals surface area (Å²) in [6.07, 6.45) is 16.4. The van der Waals surface area contributed by atoms with Gasteiger partial charge in [0.2, 0.25) is 0 Å². The number of aryl methyl sites for hydroxylation is 1. The molecule has 30 heavy (non-hydrogen) atoms. The highest BCUT2D eigenvalue weighted by Gasteiger charge is 2.41. The van der Waals surface area contributed by atoms with E-state index in [4.69, 9.17) is 4.99 Å². The minimum Gasteiger partial charge on any atom is -0.357 e. The first-order valence-electron chi connectivity index (χ1n) is 11.8. The van der Waals surface area contributed by atoms with Gasteiger partial charge in [-0.05, 0) is 57.1 Å². The lowest BCUT2D eigenvalue weighted by Crippen LogP contribution is -2.41. The second kappa shape index (κ2) is 11.4. The van der Waals surface area contributed by atoms with E-state index in [0.717, 1.165) is 42.9 Å². The summed E-state index contributed by atoms with van der Waals surface area (Å²) in [6.45, 7) is 6.34. The van der Waals surface area contributed by atoms with Crippen LogP contribution in [-0.4, -0.2) is 58.1 Å². The maximum absolute atomic E-state index is 4.99. The van der Waals surface area contributed by atoms with Crippen molar-refractivity contribution in [3.63, 3.8) is 0 Å². The molecule has 6 nitrogen and oxygen atoms in total. The summed E-state index contributed by atoms with van der Waals surface area (Å²) in [5.74, 6) is 2.28. The van der Waals surface area contributed by atoms with Crippen LogP contribution in [0.3, 0.4) is 0 Å². The van der Waals surface area contributed by atoms with E-state index in [9.17, 15) is 0 Å². The molecule has 0 bridgehead atoms. The van der Waals surface area contributed by atoms with Crippen LogP contribution in [0.1, 0.15) is 83.0 Å². The van der Waals surface area contributed by atoms with Gasteiger partial charge in [0, 0.05) is 38.6 Å². The molecular formula is C22H39IN6S. The Kier molecular flexibility index (Phi) is 9.16. The van der Waals surface area contributed by atoms with Gasteiger partial charge in [-0.25, -0.2) is 0 Å². The van der Waals surface area contributed by atoms with Crippen LogP contribution < -0.4 is 5.32 Å². The van der Waals surface area contributed by atoms with Crippen molar-refractivity contribution >= 4 is 41.7 Å². The SMILES string of the molecule is CCNC(=NCCCc1nnc(SC)n1C1CCCC1)N1CCC2(CCCC2)C1.I. The predicted octanol–water partition coefficient (Wildman–Crippen LogP) is 4.90. The summed E-state index contributed by atoms with van der Waals surface area (Å²) in [5.41, 5.74) is 0.585. The Morgan fingerprint density at radius 1 is 1.17 bits per heavy atom. The molecule has 1 N–H and O–H groups in total. The summed E-state index contributed by atoms with van der Waals surface area (Å²) in [7, 11) is 0. The second-order valence-electron chi connectivity index (χ2n) is 9.13. The molecule has 2 saturated carbocycles. The van der Waals surface area contributed by atoms with Crippen molar-refractivity contribution in [3.8, 4) is 0 Å². The predicted molar refractivity (Wildman–Crippen MR) is 136 cm³/mol. The lowest BCUT2D eigenvalue weighted by molar-refractivity contribution is 0.309. The van der Waals surface area contributed by atoms with Crippen LogP contribution in [0, 0.1) is 5.41 Å². The van der Waals surface area contributed by atoms with Crippen molar-refractivity contribution in [3.05, 3.63) is 5.82 Å². The van der Waals surface area contributed by atoms with E-state index in [2.05, 4.69) is 38.2 Å². The van der Waals surface area contributed by atoms with Gasteiger partial charge in [-0.3, -0.25) is 4.99 Å². The van der Waals surface area contributed by atoms with E-state index in [1.54, 1.807) is 11.8 Å². The Bertz CT molecular complexity index is 694. The average Bonchev–Trinajstić information content (AvgIpc) is 3.52. The zero-order valence-electron chi connectivity index (χ0n) is 18.7. The number of nitrogens with zero attached hydrogens (tertiary/aromatic N) is 5. The third kappa shape index (κ3) is 5.45. The molecule has 1 spiro atoms. The van der Waals surface area contributed by atoms with E-state index in [0.29, 0.717) is 11.5 Å². The standard InChI is InChI=1S/C22H38N6S.HI/c1-3-23-20(27-16-14-22(17-27)12-6-7-13-22)24-15-8-11-19-25-26-21(29-2)28(19)18-9-4-5-10-18;/h18H,3-17H2,1-2H3,(H,23,24);1H. The molecule has 1 aliphatic heterocycles. The van der Waals surface area contributed by atoms with Crippen LogP contribution in [0.25, 0.3) is 0 Å². The number of rotatable bonds is 7. The topological polar surface area (TPSA) is 58.3 Å². The number of guanidine groups is 1. The molecule has 2 aliphatic carbocycles. The monoisotopic (exact) mass is 546 g/mol. The highest BCUT2D eigenvalue weighted by atomic mass is 127. The van der Waals surface area contributed by atoms with E-state index >= 15 is 0 Å². The molecule has 0 atom stereocenters. The number of hydrogen-bond donors (Lipinski definition) is 1. The molecule has 8 heteroatoms. The molecule has 0 radical (unpaired) electrons. The van der Waals surface area contributed by atoms with Gasteiger partial charge in [0.25, 0.3) is 0 Å². The molecule has 0 aromatic carbocycles. The molecule has 4 rings (SSSR count). The fraction of sp³-hybridized carbons (Fsp3) is 0.864. The maximum Gasteiger partial charge on any atom is 0.193 e. The number of aromatic nitrogens is 3. The molecule has 3 fully saturated rings. The molecule has 170 valence electrons. The number of halogens is 1. The fourth-order valence-electron chi connectivity index (χ4n) is 5.64. The summed E-state index contributed by atoms with van der Waals surface area (Å²) >= 11 is 1.72. The summed E-state index contributed by atoms with van der Waals surface area (Å²) in [5, 5.41) is 13.6. The van der Waals surface area contributed by atoms with Gasteiger partial charge in [-0.15, -0.1) is 34.2 Å². The molecule has 3 aliphatic rings. The highest BCUT2D eigenvalue weighted by molar-refractivity contribution is 14.0. The van der Waals surface area contributed by atoms with Gasteiger partial charge >= 0.3 is 0 Å². The fourth-order valence-corrected chi connectivity index (χ4v) is 6.22. The first-order chi connectivity index (χ1) is 14.2. The minimum absolute atomic E-state index is 0. The Labute approximate surface area is 203 Å². The molecular weight excluding hydrogens is 507 g/mol. The third-order valence-electron chi connectivity index (χ3n) is 7.16. The van der Waals surface area contributed by atoms with E-state index in [1.165, 1.54) is 70.9 Å². The normalized spacial score (nSPS) is 21.5. The number of thioether (sulfide) groups is 1. The van der Waals surface area contributed by atoms with E-state index < -0.39 is 0 Å². The Morgan fingerprint density at radius 2 is 1.93 bits per heavy atom. The van der Waals surface area contributed by atoms with Gasteiger partial charge in [-0.2, -0.15) is 0 Å². The van der Waals surface area contributed by atoms with Gasteiger partial charge in [0.1, 0.15) is 5.82 Å². The lowest BCUT2D eigenvalue weighted by atomic mass is 9.86. The van der Waals surface area contributed by atoms with Crippen LogP contribution in [0.5, 0.6) is 0 Å². The number of hydrogen-bond acceptors (Lipinski definition) is 4. The quantitative estimate of drug-likeness (QED) is 0.173. The highest BCUT2D eigenvalue weighted by Crippen LogP contribution is 2.45. The van der Waals surface area contributed by atoms with E-state index in [1.807, 2.05) is 0 Å². The zero-order valence-corrected chi connectivity index (χ0v) is 21.9. The Balaban J connectivity index is 0.00000256. The number of nitrogens with one attached hydrogen (secondary N) is 1. The van der Waals surface area contributed by atoms with Gasteiger partial charge in [0.15, 0.2) is 11.1 Å². The molecule has 1 aromatic heterocycles. The molecule has 2 heterocycles. The molecule has 1 saturated heterocycles. The van der Waals surface area contributed by atoms with Crippen LogP contribution in [0.4, 0.5) is 0 Å². The summed E-state index contributed by atoms with van der Waals surface area (Å²) in [6, 6.07) is 0.607. The maximum atomic E-state index is 4.99. The largest absolute Gasteiger partial charge is 0.357 e. The molecule has 1 aromatic rings. The minimum atomic E-state index is 0. The van der Waals surface area contributed by atoms with Crippen molar-refractivity contribution < 1.29 is 0 Å². The van der Waals surface area contributed by atoms with Crippen molar-refractivity contribution in [2.45, 2.75) is 88.8 Å². The first kappa shape index (κ1) is 24.1. The zero-order chi connectivity index (χ0) is 20.1. The van der Waals surface area contributed by atoms with Crippen molar-refractivity contribution in [1.82, 2.24) is 25.0 Å². The van der Waals surface area contributed by atoms with Crippen LogP contribution >= 0.6 is 35.7 Å². The Hall–Kier alpha value is -0.510. The van der Waals surface area contributed by atoms with Crippen molar-refractivity contribution in [2.75, 3.05) is 32.4 Å². The summed E-state index contributed by atoms with van der Waals surface area (Å²) < 4.78 is 2.43. The average molecular weight is 547 g/mol. The van der Waals surface area contributed by atoms with Crippen LogP contribution in [0.2, 0.25) is 0 Å². The second-order valence-corrected chi connectivity index (χ2v) is 9.90. The van der Waals surface area contributed by atoms with Crippen LogP contribution in [-0.2, 0) is 6.42 Å². The van der Waals surface area contributed by atoms with E-state index in [-0.39, 0.29) is 24.0 Å². The Morgan fingerprint density at radius 3 is 2.63 bits per heavy atom. The van der Waals surface area contributed by atoms with Gasteiger partial charge in [0.05, 0.1) is 0 Å². The summed E-state index contributed by atoms with van der Waals surface area (Å²) in [4.78, 5) is 7.50. The van der Waals surface area contributed by atoms with Crippen molar-refractivity contribution in [1.29, 1.82) is 0 Å². The lowest BCUT2D eigenvalue weighted by Gasteiger charge is -2.26. The van der Waals surface area contributed by atoms with Crippen LogP contribution in [0.15, 0.2) is 10.1 Å². The van der Waals surface area contributed by atoms with Gasteiger partial charge in [-0.1, -0.05) is 37.4 Å². The van der Waals surface area contributed by atoms with Crippen molar-refractivity contribution in [2.24, 2.45) is 10.4 Å². The van der Waals surface area contributed by atoms with Gasteiger partial charge < -0.3 is 14.8 Å².